The van der Waals surface area contributed by atoms with Gasteiger partial charge in [-0.1, -0.05) is 31.9 Å². The fraction of sp³-hybridized carbons (Fsp3) is 0.588. The standard InChI is InChI=1S/C17H22Cl2N2/c1-3-12-4-7-15(11(12)2)21-16-10-13(19)5-6-14(16)20-17(21)8-9-18/h5-6,10-12,15H,3-4,7-9H2,1-2H3. The summed E-state index contributed by atoms with van der Waals surface area (Å²) >= 11 is 12.2. The van der Waals surface area contributed by atoms with Gasteiger partial charge in [0.1, 0.15) is 5.82 Å². The Labute approximate surface area is 136 Å². The quantitative estimate of drug-likeness (QED) is 0.682. The van der Waals surface area contributed by atoms with Gasteiger partial charge in [0.2, 0.25) is 0 Å². The Balaban J connectivity index is 2.10. The van der Waals surface area contributed by atoms with E-state index < -0.39 is 0 Å². The number of aromatic nitrogens is 2. The topological polar surface area (TPSA) is 17.8 Å². The number of imidazole rings is 1. The molecule has 0 bridgehead atoms. The first-order valence-corrected chi connectivity index (χ1v) is 8.79. The lowest BCUT2D eigenvalue weighted by Crippen LogP contribution is -2.18. The first-order valence-electron chi connectivity index (χ1n) is 7.88. The van der Waals surface area contributed by atoms with Crippen LogP contribution in [-0.4, -0.2) is 15.4 Å². The van der Waals surface area contributed by atoms with E-state index in [2.05, 4.69) is 18.4 Å². The van der Waals surface area contributed by atoms with E-state index in [9.17, 15) is 0 Å². The van der Waals surface area contributed by atoms with Gasteiger partial charge in [0, 0.05) is 23.4 Å². The molecule has 1 aromatic carbocycles. The van der Waals surface area contributed by atoms with Gasteiger partial charge < -0.3 is 4.57 Å². The normalized spacial score (nSPS) is 25.8. The summed E-state index contributed by atoms with van der Waals surface area (Å²) in [6.45, 7) is 4.68. The van der Waals surface area contributed by atoms with Crippen molar-refractivity contribution in [2.75, 3.05) is 5.88 Å². The van der Waals surface area contributed by atoms with E-state index in [1.54, 1.807) is 0 Å². The molecule has 2 aromatic rings. The lowest BCUT2D eigenvalue weighted by Gasteiger charge is -2.23. The fourth-order valence-corrected chi connectivity index (χ4v) is 4.25. The van der Waals surface area contributed by atoms with Crippen LogP contribution in [0.2, 0.25) is 5.02 Å². The van der Waals surface area contributed by atoms with Crippen LogP contribution in [-0.2, 0) is 6.42 Å². The van der Waals surface area contributed by atoms with Gasteiger partial charge in [-0.05, 0) is 42.9 Å². The molecule has 0 spiro atoms. The van der Waals surface area contributed by atoms with Crippen LogP contribution in [0.3, 0.4) is 0 Å². The Bertz CT molecular complexity index is 635. The predicted octanol–water partition coefficient (Wildman–Crippen LogP) is 5.47. The Morgan fingerprint density at radius 2 is 2.14 bits per heavy atom. The van der Waals surface area contributed by atoms with Crippen molar-refractivity contribution in [3.63, 3.8) is 0 Å². The molecule has 2 nitrogen and oxygen atoms in total. The molecule has 21 heavy (non-hydrogen) atoms. The second kappa shape index (κ2) is 6.18. The van der Waals surface area contributed by atoms with E-state index >= 15 is 0 Å². The first kappa shape index (κ1) is 15.2. The SMILES string of the molecule is CCC1CCC(n2c(CCCl)nc3ccc(Cl)cc32)C1C. The minimum Gasteiger partial charge on any atom is -0.325 e. The molecule has 1 fully saturated rings. The summed E-state index contributed by atoms with van der Waals surface area (Å²) in [5.41, 5.74) is 2.20. The van der Waals surface area contributed by atoms with Crippen molar-refractivity contribution >= 4 is 34.2 Å². The Hall–Kier alpha value is -0.730. The number of alkyl halides is 1. The number of hydrogen-bond acceptors (Lipinski definition) is 1. The average Bonchev–Trinajstić information content (AvgIpc) is 2.99. The summed E-state index contributed by atoms with van der Waals surface area (Å²) < 4.78 is 2.42. The molecular weight excluding hydrogens is 303 g/mol. The van der Waals surface area contributed by atoms with E-state index in [0.717, 1.165) is 34.2 Å². The number of halogens is 2. The van der Waals surface area contributed by atoms with Gasteiger partial charge in [0.25, 0.3) is 0 Å². The number of hydrogen-bond donors (Lipinski definition) is 0. The maximum atomic E-state index is 6.21. The summed E-state index contributed by atoms with van der Waals surface area (Å²) in [5, 5.41) is 0.777. The predicted molar refractivity (Wildman–Crippen MR) is 90.4 cm³/mol. The van der Waals surface area contributed by atoms with Crippen LogP contribution in [0.4, 0.5) is 0 Å². The van der Waals surface area contributed by atoms with Crippen molar-refractivity contribution in [1.29, 1.82) is 0 Å². The zero-order chi connectivity index (χ0) is 15.0. The van der Waals surface area contributed by atoms with Crippen LogP contribution in [0.25, 0.3) is 11.0 Å². The number of nitrogens with zero attached hydrogens (tertiary/aromatic N) is 2. The van der Waals surface area contributed by atoms with E-state index in [-0.39, 0.29) is 0 Å². The molecule has 1 heterocycles. The second-order valence-electron chi connectivity index (χ2n) is 6.14. The molecule has 1 aliphatic carbocycles. The lowest BCUT2D eigenvalue weighted by atomic mass is 9.93. The average molecular weight is 325 g/mol. The van der Waals surface area contributed by atoms with Gasteiger partial charge in [0.05, 0.1) is 11.0 Å². The third-order valence-electron chi connectivity index (χ3n) is 5.08. The minimum atomic E-state index is 0.525. The van der Waals surface area contributed by atoms with Crippen molar-refractivity contribution in [3.05, 3.63) is 29.0 Å². The van der Waals surface area contributed by atoms with Crippen LogP contribution in [0.5, 0.6) is 0 Å². The van der Waals surface area contributed by atoms with Crippen LogP contribution in [0.15, 0.2) is 18.2 Å². The zero-order valence-electron chi connectivity index (χ0n) is 12.6. The van der Waals surface area contributed by atoms with Gasteiger partial charge in [-0.25, -0.2) is 4.98 Å². The van der Waals surface area contributed by atoms with E-state index in [0.29, 0.717) is 17.8 Å². The van der Waals surface area contributed by atoms with E-state index in [1.807, 2.05) is 18.2 Å². The number of rotatable bonds is 4. The molecule has 1 aromatic heterocycles. The maximum absolute atomic E-state index is 6.21. The molecule has 3 unspecified atom stereocenters. The second-order valence-corrected chi connectivity index (χ2v) is 6.96. The molecular formula is C17H22Cl2N2. The molecule has 114 valence electrons. The van der Waals surface area contributed by atoms with Gasteiger partial charge in [-0.15, -0.1) is 11.6 Å². The molecule has 4 heteroatoms. The zero-order valence-corrected chi connectivity index (χ0v) is 14.2. The highest BCUT2D eigenvalue weighted by Crippen LogP contribution is 2.43. The van der Waals surface area contributed by atoms with Crippen molar-refractivity contribution in [2.24, 2.45) is 11.8 Å². The summed E-state index contributed by atoms with van der Waals surface area (Å²) in [7, 11) is 0. The third-order valence-corrected chi connectivity index (χ3v) is 5.51. The summed E-state index contributed by atoms with van der Waals surface area (Å²) in [6, 6.07) is 6.51. The van der Waals surface area contributed by atoms with E-state index in [1.165, 1.54) is 19.3 Å². The van der Waals surface area contributed by atoms with E-state index in [4.69, 9.17) is 28.2 Å². The minimum absolute atomic E-state index is 0.525. The smallest absolute Gasteiger partial charge is 0.111 e. The molecule has 0 amide bonds. The Morgan fingerprint density at radius 3 is 2.81 bits per heavy atom. The van der Waals surface area contributed by atoms with Crippen LogP contribution in [0.1, 0.15) is 45.0 Å². The van der Waals surface area contributed by atoms with Crippen molar-refractivity contribution in [1.82, 2.24) is 9.55 Å². The molecule has 1 saturated carbocycles. The molecule has 0 N–H and O–H groups in total. The van der Waals surface area contributed by atoms with Crippen molar-refractivity contribution in [2.45, 2.75) is 45.6 Å². The molecule has 3 atom stereocenters. The van der Waals surface area contributed by atoms with Gasteiger partial charge in [-0.3, -0.25) is 0 Å². The number of benzene rings is 1. The molecule has 0 radical (unpaired) electrons. The molecule has 1 aliphatic rings. The first-order chi connectivity index (χ1) is 10.2. The summed E-state index contributed by atoms with van der Waals surface area (Å²) in [6.07, 6.45) is 4.61. The summed E-state index contributed by atoms with van der Waals surface area (Å²) in [5.74, 6) is 3.21. The number of fused-ring (bicyclic) bond motifs is 1. The van der Waals surface area contributed by atoms with Gasteiger partial charge in [0.15, 0.2) is 0 Å². The van der Waals surface area contributed by atoms with Gasteiger partial charge in [-0.2, -0.15) is 0 Å². The maximum Gasteiger partial charge on any atom is 0.111 e. The van der Waals surface area contributed by atoms with Crippen LogP contribution < -0.4 is 0 Å². The highest BCUT2D eigenvalue weighted by atomic mass is 35.5. The fourth-order valence-electron chi connectivity index (χ4n) is 3.91. The lowest BCUT2D eigenvalue weighted by molar-refractivity contribution is 0.329. The molecule has 0 aliphatic heterocycles. The van der Waals surface area contributed by atoms with Crippen molar-refractivity contribution in [3.8, 4) is 0 Å². The van der Waals surface area contributed by atoms with Crippen LogP contribution >= 0.6 is 23.2 Å². The van der Waals surface area contributed by atoms with Crippen LogP contribution in [0, 0.1) is 11.8 Å². The summed E-state index contributed by atoms with van der Waals surface area (Å²) in [4.78, 5) is 4.79. The monoisotopic (exact) mass is 324 g/mol. The number of aryl methyl sites for hydroxylation is 1. The van der Waals surface area contributed by atoms with Gasteiger partial charge >= 0.3 is 0 Å². The highest BCUT2D eigenvalue weighted by Gasteiger charge is 2.34. The Morgan fingerprint density at radius 1 is 1.33 bits per heavy atom. The Kier molecular flexibility index (Phi) is 4.46. The molecule has 0 saturated heterocycles. The van der Waals surface area contributed by atoms with Crippen molar-refractivity contribution < 1.29 is 0 Å². The largest absolute Gasteiger partial charge is 0.325 e. The third kappa shape index (κ3) is 2.68. The highest BCUT2D eigenvalue weighted by molar-refractivity contribution is 6.31. The molecule has 3 rings (SSSR count).